The van der Waals surface area contributed by atoms with Crippen LogP contribution in [0, 0.1) is 0 Å². The molecule has 3 N–H and O–H groups in total. The molecule has 3 amide bonds. The first-order chi connectivity index (χ1) is 11.1. The molecule has 0 heterocycles. The van der Waals surface area contributed by atoms with Gasteiger partial charge in [-0.3, -0.25) is 4.79 Å². The molecule has 0 atom stereocenters. The Bertz CT molecular complexity index is 689. The molecule has 0 fully saturated rings. The van der Waals surface area contributed by atoms with Gasteiger partial charge in [0.1, 0.15) is 5.75 Å². The van der Waals surface area contributed by atoms with E-state index in [0.717, 1.165) is 0 Å². The number of benzene rings is 2. The minimum atomic E-state index is -0.334. The summed E-state index contributed by atoms with van der Waals surface area (Å²) in [6, 6.07) is 13.2. The normalized spacial score (nSPS) is 9.83. The Labute approximate surface area is 138 Å². The monoisotopic (exact) mass is 333 g/mol. The van der Waals surface area contributed by atoms with Gasteiger partial charge >= 0.3 is 6.03 Å². The van der Waals surface area contributed by atoms with Crippen molar-refractivity contribution >= 4 is 34.9 Å². The fourth-order valence-corrected chi connectivity index (χ4v) is 1.87. The topological polar surface area (TPSA) is 79.5 Å². The number of carbonyl (C=O) groups is 2. The lowest BCUT2D eigenvalue weighted by molar-refractivity contribution is -0.118. The molecule has 2 aromatic carbocycles. The van der Waals surface area contributed by atoms with Crippen LogP contribution in [0.4, 0.5) is 16.2 Å². The number of halogens is 1. The summed E-state index contributed by atoms with van der Waals surface area (Å²) in [6.07, 6.45) is 0. The SMILES string of the molecule is CNC(=O)Nc1cccc(NC(=O)COc2ccc(Cl)cc2)c1. The molecular formula is C16H16ClN3O3. The average molecular weight is 334 g/mol. The molecule has 0 spiro atoms. The summed E-state index contributed by atoms with van der Waals surface area (Å²) >= 11 is 5.77. The molecule has 0 unspecified atom stereocenters. The van der Waals surface area contributed by atoms with E-state index in [0.29, 0.717) is 22.1 Å². The van der Waals surface area contributed by atoms with Crippen LogP contribution in [-0.2, 0) is 4.79 Å². The number of urea groups is 1. The summed E-state index contributed by atoms with van der Waals surface area (Å²) in [4.78, 5) is 23.1. The second-order valence-corrected chi connectivity index (χ2v) is 5.01. The third-order valence-corrected chi connectivity index (χ3v) is 3.07. The smallest absolute Gasteiger partial charge is 0.318 e. The predicted octanol–water partition coefficient (Wildman–Crippen LogP) is 3.11. The van der Waals surface area contributed by atoms with E-state index in [1.54, 1.807) is 48.5 Å². The lowest BCUT2D eigenvalue weighted by atomic mass is 10.2. The Balaban J connectivity index is 1.88. The summed E-state index contributed by atoms with van der Waals surface area (Å²) in [6.45, 7) is -0.130. The predicted molar refractivity (Wildman–Crippen MR) is 90.1 cm³/mol. The average Bonchev–Trinajstić information content (AvgIpc) is 2.54. The number of ether oxygens (including phenoxy) is 1. The lowest BCUT2D eigenvalue weighted by Gasteiger charge is -2.09. The molecule has 0 aliphatic carbocycles. The lowest BCUT2D eigenvalue weighted by Crippen LogP contribution is -2.24. The fraction of sp³-hybridized carbons (Fsp3) is 0.125. The van der Waals surface area contributed by atoms with Gasteiger partial charge in [-0.1, -0.05) is 17.7 Å². The zero-order chi connectivity index (χ0) is 16.7. The number of rotatable bonds is 5. The highest BCUT2D eigenvalue weighted by Crippen LogP contribution is 2.17. The second kappa shape index (κ2) is 8.05. The maximum atomic E-state index is 11.9. The first-order valence-corrected chi connectivity index (χ1v) is 7.21. The maximum absolute atomic E-state index is 11.9. The van der Waals surface area contributed by atoms with Crippen molar-refractivity contribution < 1.29 is 14.3 Å². The first kappa shape index (κ1) is 16.6. The summed E-state index contributed by atoms with van der Waals surface area (Å²) in [5, 5.41) is 8.37. The minimum Gasteiger partial charge on any atom is -0.484 e. The third kappa shape index (κ3) is 5.52. The third-order valence-electron chi connectivity index (χ3n) is 2.81. The summed E-state index contributed by atoms with van der Waals surface area (Å²) in [5.74, 6) is 0.247. The van der Waals surface area contributed by atoms with E-state index in [4.69, 9.17) is 16.3 Å². The molecule has 0 saturated carbocycles. The van der Waals surface area contributed by atoms with Crippen LogP contribution in [0.1, 0.15) is 0 Å². The fourth-order valence-electron chi connectivity index (χ4n) is 1.75. The quantitative estimate of drug-likeness (QED) is 0.786. The Morgan fingerprint density at radius 3 is 2.35 bits per heavy atom. The Morgan fingerprint density at radius 2 is 1.70 bits per heavy atom. The van der Waals surface area contributed by atoms with E-state index in [9.17, 15) is 9.59 Å². The van der Waals surface area contributed by atoms with Gasteiger partial charge in [0.05, 0.1) is 0 Å². The van der Waals surface area contributed by atoms with Crippen LogP contribution in [0.25, 0.3) is 0 Å². The molecule has 7 heteroatoms. The van der Waals surface area contributed by atoms with Gasteiger partial charge in [0.15, 0.2) is 6.61 Å². The number of hydrogen-bond donors (Lipinski definition) is 3. The van der Waals surface area contributed by atoms with Crippen LogP contribution >= 0.6 is 11.6 Å². The van der Waals surface area contributed by atoms with Gasteiger partial charge in [0.25, 0.3) is 5.91 Å². The summed E-state index contributed by atoms with van der Waals surface area (Å²) < 4.78 is 5.36. The Kier molecular flexibility index (Phi) is 5.82. The number of hydrogen-bond acceptors (Lipinski definition) is 3. The maximum Gasteiger partial charge on any atom is 0.318 e. The Hall–Kier alpha value is -2.73. The van der Waals surface area contributed by atoms with Crippen LogP contribution in [0.2, 0.25) is 5.02 Å². The van der Waals surface area contributed by atoms with Crippen molar-refractivity contribution in [2.24, 2.45) is 0 Å². The van der Waals surface area contributed by atoms with E-state index in [1.807, 2.05) is 0 Å². The Morgan fingerprint density at radius 1 is 1.04 bits per heavy atom. The number of amides is 3. The molecule has 23 heavy (non-hydrogen) atoms. The van der Waals surface area contributed by atoms with Crippen molar-refractivity contribution in [1.82, 2.24) is 5.32 Å². The van der Waals surface area contributed by atoms with E-state index >= 15 is 0 Å². The molecule has 120 valence electrons. The molecule has 0 bridgehead atoms. The van der Waals surface area contributed by atoms with Gasteiger partial charge in [-0.2, -0.15) is 0 Å². The van der Waals surface area contributed by atoms with Crippen molar-refractivity contribution in [3.8, 4) is 5.75 Å². The summed E-state index contributed by atoms with van der Waals surface area (Å²) in [5.41, 5.74) is 1.13. The molecule has 0 saturated heterocycles. The van der Waals surface area contributed by atoms with Crippen molar-refractivity contribution in [3.05, 3.63) is 53.6 Å². The van der Waals surface area contributed by atoms with Gasteiger partial charge in [-0.25, -0.2) is 4.79 Å². The first-order valence-electron chi connectivity index (χ1n) is 6.84. The van der Waals surface area contributed by atoms with Crippen molar-refractivity contribution in [2.45, 2.75) is 0 Å². The minimum absolute atomic E-state index is 0.130. The molecular weight excluding hydrogens is 318 g/mol. The van der Waals surface area contributed by atoms with Gasteiger partial charge in [-0.15, -0.1) is 0 Å². The van der Waals surface area contributed by atoms with E-state index in [-0.39, 0.29) is 18.5 Å². The van der Waals surface area contributed by atoms with E-state index in [2.05, 4.69) is 16.0 Å². The summed E-state index contributed by atoms with van der Waals surface area (Å²) in [7, 11) is 1.52. The zero-order valence-corrected chi connectivity index (χ0v) is 13.2. The largest absolute Gasteiger partial charge is 0.484 e. The number of anilines is 2. The number of nitrogens with one attached hydrogen (secondary N) is 3. The number of carbonyl (C=O) groups excluding carboxylic acids is 2. The zero-order valence-electron chi connectivity index (χ0n) is 12.4. The van der Waals surface area contributed by atoms with Crippen LogP contribution < -0.4 is 20.7 Å². The van der Waals surface area contributed by atoms with Crippen molar-refractivity contribution in [1.29, 1.82) is 0 Å². The molecule has 6 nitrogen and oxygen atoms in total. The van der Waals surface area contributed by atoms with Crippen LogP contribution in [0.5, 0.6) is 5.75 Å². The molecule has 2 aromatic rings. The standard InChI is InChI=1S/C16H16ClN3O3/c1-18-16(22)20-13-4-2-3-12(9-13)19-15(21)10-23-14-7-5-11(17)6-8-14/h2-9H,10H2,1H3,(H,19,21)(H2,18,20,22). The van der Waals surface area contributed by atoms with Crippen molar-refractivity contribution in [3.63, 3.8) is 0 Å². The van der Waals surface area contributed by atoms with Gasteiger partial charge in [-0.05, 0) is 42.5 Å². The van der Waals surface area contributed by atoms with Gasteiger partial charge < -0.3 is 20.7 Å². The van der Waals surface area contributed by atoms with E-state index < -0.39 is 0 Å². The van der Waals surface area contributed by atoms with Crippen molar-refractivity contribution in [2.75, 3.05) is 24.3 Å². The highest BCUT2D eigenvalue weighted by atomic mass is 35.5. The van der Waals surface area contributed by atoms with Gasteiger partial charge in [0, 0.05) is 23.4 Å². The molecule has 0 radical (unpaired) electrons. The molecule has 0 aliphatic rings. The highest BCUT2D eigenvalue weighted by molar-refractivity contribution is 6.30. The van der Waals surface area contributed by atoms with Crippen LogP contribution in [0.15, 0.2) is 48.5 Å². The molecule has 0 aromatic heterocycles. The second-order valence-electron chi connectivity index (χ2n) is 4.58. The van der Waals surface area contributed by atoms with E-state index in [1.165, 1.54) is 7.05 Å². The van der Waals surface area contributed by atoms with Crippen LogP contribution in [-0.4, -0.2) is 25.6 Å². The molecule has 0 aliphatic heterocycles. The highest BCUT2D eigenvalue weighted by Gasteiger charge is 2.05. The van der Waals surface area contributed by atoms with Gasteiger partial charge in [0.2, 0.25) is 0 Å². The molecule has 2 rings (SSSR count). The van der Waals surface area contributed by atoms with Crippen LogP contribution in [0.3, 0.4) is 0 Å².